The molecule has 0 atom stereocenters. The van der Waals surface area contributed by atoms with E-state index in [9.17, 15) is 0 Å². The van der Waals surface area contributed by atoms with Crippen molar-refractivity contribution >= 4 is 21.3 Å². The molecule has 1 aliphatic rings. The first-order valence-corrected chi connectivity index (χ1v) is 14.9. The van der Waals surface area contributed by atoms with Crippen LogP contribution < -0.4 is 5.19 Å². The average molecular weight is 315 g/mol. The second-order valence-electron chi connectivity index (χ2n) is 7.91. The van der Waals surface area contributed by atoms with Crippen LogP contribution >= 0.6 is 0 Å². The molecular weight excluding hydrogens is 284 g/mol. The van der Waals surface area contributed by atoms with Gasteiger partial charge < -0.3 is 0 Å². The lowest BCUT2D eigenvalue weighted by atomic mass is 9.96. The van der Waals surface area contributed by atoms with Crippen LogP contribution in [0.25, 0.3) is 0 Å². The highest BCUT2D eigenvalue weighted by Gasteiger charge is 2.36. The Bertz CT molecular complexity index is 533. The Kier molecular flexibility index (Phi) is 5.13. The minimum Gasteiger partial charge on any atom is -0.131 e. The highest BCUT2D eigenvalue weighted by molar-refractivity contribution is 7.10. The maximum Gasteiger partial charge on any atom is 0.112 e. The number of benzene rings is 1. The lowest BCUT2D eigenvalue weighted by Gasteiger charge is -2.33. The highest BCUT2D eigenvalue weighted by atomic mass is 28.4. The van der Waals surface area contributed by atoms with Gasteiger partial charge in [-0.2, -0.15) is 0 Å². The fourth-order valence-corrected chi connectivity index (χ4v) is 13.8. The molecule has 0 amide bonds. The van der Waals surface area contributed by atoms with Gasteiger partial charge in [0.15, 0.2) is 0 Å². The van der Waals surface area contributed by atoms with Gasteiger partial charge in [0.1, 0.15) is 8.07 Å². The fourth-order valence-electron chi connectivity index (χ4n) is 3.56. The molecule has 114 valence electrons. The van der Waals surface area contributed by atoms with E-state index in [0.29, 0.717) is 0 Å². The molecule has 0 heterocycles. The molecule has 0 spiro atoms. The van der Waals surface area contributed by atoms with E-state index in [0.717, 1.165) is 0 Å². The molecule has 0 N–H and O–H groups in total. The SMILES string of the molecule is C[Si](C)(C)C(=C=C1CCCCC1)[Si](C)(C)c1ccccc1. The summed E-state index contributed by atoms with van der Waals surface area (Å²) in [6.45, 7) is 12.5. The lowest BCUT2D eigenvalue weighted by molar-refractivity contribution is 0.600. The van der Waals surface area contributed by atoms with Crippen LogP contribution in [-0.2, 0) is 0 Å². The van der Waals surface area contributed by atoms with Gasteiger partial charge in [0.05, 0.1) is 8.07 Å². The minimum absolute atomic E-state index is 1.28. The first kappa shape index (κ1) is 16.5. The van der Waals surface area contributed by atoms with Gasteiger partial charge in [-0.25, -0.2) is 0 Å². The topological polar surface area (TPSA) is 0 Å². The van der Waals surface area contributed by atoms with E-state index in [-0.39, 0.29) is 0 Å². The summed E-state index contributed by atoms with van der Waals surface area (Å²) in [5.74, 6) is 0. The van der Waals surface area contributed by atoms with E-state index in [1.54, 1.807) is 15.6 Å². The van der Waals surface area contributed by atoms with Gasteiger partial charge in [0.25, 0.3) is 0 Å². The standard InChI is InChI=1S/C19H30Si2/c1-20(2,3)19(16-17-12-8-6-9-13-17)21(4,5)18-14-10-7-11-15-18/h7,10-11,14-15H,6,8-9,12-13H2,1-5H3. The average Bonchev–Trinajstić information content (AvgIpc) is 2.45. The van der Waals surface area contributed by atoms with Crippen LogP contribution in [0.2, 0.25) is 32.7 Å². The van der Waals surface area contributed by atoms with E-state index in [2.05, 4.69) is 68.8 Å². The molecule has 0 aromatic heterocycles. The molecule has 1 aliphatic carbocycles. The summed E-state index contributed by atoms with van der Waals surface area (Å²) < 4.78 is 0. The van der Waals surface area contributed by atoms with Crippen LogP contribution in [0.3, 0.4) is 0 Å². The molecule has 2 rings (SSSR count). The van der Waals surface area contributed by atoms with Gasteiger partial charge in [0.2, 0.25) is 0 Å². The summed E-state index contributed by atoms with van der Waals surface area (Å²) in [6, 6.07) is 11.2. The smallest absolute Gasteiger partial charge is 0.112 e. The monoisotopic (exact) mass is 314 g/mol. The van der Waals surface area contributed by atoms with E-state index in [1.807, 2.05) is 0 Å². The molecule has 2 heteroatoms. The molecule has 1 fully saturated rings. The maximum absolute atomic E-state index is 3.99. The molecule has 0 radical (unpaired) electrons. The number of allylic oxidation sites excluding steroid dienone is 1. The van der Waals surface area contributed by atoms with Crippen LogP contribution in [0.4, 0.5) is 0 Å². The maximum atomic E-state index is 3.99. The Labute approximate surface area is 133 Å². The third-order valence-electron chi connectivity index (χ3n) is 4.63. The molecule has 1 saturated carbocycles. The summed E-state index contributed by atoms with van der Waals surface area (Å²) >= 11 is 0. The molecule has 0 saturated heterocycles. The zero-order valence-corrected chi connectivity index (χ0v) is 16.4. The zero-order chi connectivity index (χ0) is 15.5. The van der Waals surface area contributed by atoms with Crippen molar-refractivity contribution in [3.63, 3.8) is 0 Å². The second kappa shape index (κ2) is 6.52. The van der Waals surface area contributed by atoms with Crippen LogP contribution in [0.1, 0.15) is 32.1 Å². The van der Waals surface area contributed by atoms with Crippen molar-refractivity contribution in [3.8, 4) is 0 Å². The Morgan fingerprint density at radius 2 is 1.43 bits per heavy atom. The summed E-state index contributed by atoms with van der Waals surface area (Å²) in [5, 5.41) is 1.56. The van der Waals surface area contributed by atoms with E-state index >= 15 is 0 Å². The molecule has 0 bridgehead atoms. The first-order chi connectivity index (χ1) is 9.82. The van der Waals surface area contributed by atoms with Gasteiger partial charge in [-0.3, -0.25) is 0 Å². The molecule has 21 heavy (non-hydrogen) atoms. The molecule has 0 unspecified atom stereocenters. The predicted octanol–water partition coefficient (Wildman–Crippen LogP) is 5.43. The van der Waals surface area contributed by atoms with Crippen LogP contribution in [-0.4, -0.2) is 16.1 Å². The normalized spacial score (nSPS) is 16.5. The fraction of sp³-hybridized carbons (Fsp3) is 0.526. The van der Waals surface area contributed by atoms with Gasteiger partial charge in [-0.05, 0) is 36.1 Å². The summed E-state index contributed by atoms with van der Waals surface area (Å²) in [6.07, 6.45) is 6.72. The summed E-state index contributed by atoms with van der Waals surface area (Å²) in [7, 11) is -2.92. The Balaban J connectivity index is 2.53. The number of rotatable bonds is 3. The van der Waals surface area contributed by atoms with Gasteiger partial charge in [-0.1, -0.05) is 74.7 Å². The van der Waals surface area contributed by atoms with Crippen molar-refractivity contribution in [2.24, 2.45) is 0 Å². The molecule has 0 nitrogen and oxygen atoms in total. The van der Waals surface area contributed by atoms with Crippen molar-refractivity contribution in [1.82, 2.24) is 0 Å². The first-order valence-electron chi connectivity index (χ1n) is 8.37. The Hall–Kier alpha value is -0.826. The largest absolute Gasteiger partial charge is 0.131 e. The van der Waals surface area contributed by atoms with Crippen molar-refractivity contribution in [2.45, 2.75) is 64.8 Å². The van der Waals surface area contributed by atoms with E-state index < -0.39 is 16.1 Å². The third-order valence-corrected chi connectivity index (χ3v) is 13.5. The van der Waals surface area contributed by atoms with Crippen molar-refractivity contribution in [1.29, 1.82) is 0 Å². The van der Waals surface area contributed by atoms with Crippen molar-refractivity contribution in [3.05, 3.63) is 46.5 Å². The zero-order valence-electron chi connectivity index (χ0n) is 14.4. The second-order valence-corrected chi connectivity index (χ2v) is 17.7. The van der Waals surface area contributed by atoms with Crippen molar-refractivity contribution < 1.29 is 0 Å². The van der Waals surface area contributed by atoms with E-state index in [1.165, 1.54) is 32.1 Å². The molecular formula is C19H30Si2. The number of hydrogen-bond donors (Lipinski definition) is 0. The number of hydrogen-bond acceptors (Lipinski definition) is 0. The van der Waals surface area contributed by atoms with Gasteiger partial charge in [-0.15, -0.1) is 5.73 Å². The van der Waals surface area contributed by atoms with Crippen LogP contribution in [0.15, 0.2) is 46.5 Å². The van der Waals surface area contributed by atoms with E-state index in [4.69, 9.17) is 0 Å². The minimum atomic E-state index is -1.58. The quantitative estimate of drug-likeness (QED) is 0.515. The highest BCUT2D eigenvalue weighted by Crippen LogP contribution is 2.28. The molecule has 0 aliphatic heterocycles. The van der Waals surface area contributed by atoms with Gasteiger partial charge in [0, 0.05) is 0 Å². The molecule has 1 aromatic carbocycles. The van der Waals surface area contributed by atoms with Crippen LogP contribution in [0.5, 0.6) is 0 Å². The van der Waals surface area contributed by atoms with Crippen LogP contribution in [0, 0.1) is 0 Å². The lowest BCUT2D eigenvalue weighted by Crippen LogP contribution is -2.51. The summed E-state index contributed by atoms with van der Waals surface area (Å²) in [5.41, 5.74) is 5.60. The van der Waals surface area contributed by atoms with Gasteiger partial charge >= 0.3 is 0 Å². The predicted molar refractivity (Wildman–Crippen MR) is 101 cm³/mol. The third kappa shape index (κ3) is 4.09. The van der Waals surface area contributed by atoms with Crippen molar-refractivity contribution in [2.75, 3.05) is 0 Å². The Morgan fingerprint density at radius 1 is 0.857 bits per heavy atom. The summed E-state index contributed by atoms with van der Waals surface area (Å²) in [4.78, 5) is 1.72. The molecule has 1 aromatic rings. The Morgan fingerprint density at radius 3 is 1.95 bits per heavy atom.